The summed E-state index contributed by atoms with van der Waals surface area (Å²) in [7, 11) is 1.79. The maximum Gasteiger partial charge on any atom is 0.199 e. The maximum atomic E-state index is 12.6. The van der Waals surface area contributed by atoms with Crippen LogP contribution in [0.2, 0.25) is 0 Å². The SMILES string of the molecule is CC(C)CC(=O)C(CC(=O)c1nccn1C)c1ccccc1. The molecule has 2 aromatic rings. The summed E-state index contributed by atoms with van der Waals surface area (Å²) in [6.07, 6.45) is 3.98. The van der Waals surface area contributed by atoms with E-state index in [9.17, 15) is 9.59 Å². The van der Waals surface area contributed by atoms with Crippen LogP contribution in [0.5, 0.6) is 0 Å². The summed E-state index contributed by atoms with van der Waals surface area (Å²) in [5.74, 6) is 0.301. The predicted octanol–water partition coefficient (Wildman–Crippen LogP) is 3.39. The quantitative estimate of drug-likeness (QED) is 0.736. The van der Waals surface area contributed by atoms with Crippen molar-refractivity contribution >= 4 is 11.6 Å². The van der Waals surface area contributed by atoms with Crippen LogP contribution in [0, 0.1) is 5.92 Å². The Hall–Kier alpha value is -2.23. The Morgan fingerprint density at radius 1 is 1.14 bits per heavy atom. The van der Waals surface area contributed by atoms with Gasteiger partial charge in [-0.2, -0.15) is 0 Å². The minimum Gasteiger partial charge on any atom is -0.332 e. The van der Waals surface area contributed by atoms with E-state index < -0.39 is 5.92 Å². The number of Topliss-reactive ketones (excluding diaryl/α,β-unsaturated/α-hetero) is 2. The third-order valence-corrected chi connectivity index (χ3v) is 3.66. The van der Waals surface area contributed by atoms with Gasteiger partial charge in [0.1, 0.15) is 5.78 Å². The third-order valence-electron chi connectivity index (χ3n) is 3.66. The van der Waals surface area contributed by atoms with Crippen molar-refractivity contribution in [2.75, 3.05) is 0 Å². The standard InChI is InChI=1S/C18H22N2O2/c1-13(2)11-16(21)15(14-7-5-4-6-8-14)12-17(22)18-19-9-10-20(18)3/h4-10,13,15H,11-12H2,1-3H3. The molecule has 4 heteroatoms. The molecule has 1 aromatic heterocycles. The van der Waals surface area contributed by atoms with Gasteiger partial charge < -0.3 is 4.57 Å². The van der Waals surface area contributed by atoms with E-state index in [1.807, 2.05) is 44.2 Å². The highest BCUT2D eigenvalue weighted by atomic mass is 16.1. The molecule has 22 heavy (non-hydrogen) atoms. The van der Waals surface area contributed by atoms with Crippen molar-refractivity contribution in [1.82, 2.24) is 9.55 Å². The van der Waals surface area contributed by atoms with E-state index in [2.05, 4.69) is 4.98 Å². The van der Waals surface area contributed by atoms with Crippen LogP contribution in [-0.4, -0.2) is 21.1 Å². The Labute approximate surface area is 131 Å². The lowest BCUT2D eigenvalue weighted by Gasteiger charge is -2.17. The number of carbonyl (C=O) groups excluding carboxylic acids is 2. The number of hydrogen-bond donors (Lipinski definition) is 0. The summed E-state index contributed by atoms with van der Waals surface area (Å²) < 4.78 is 1.69. The second kappa shape index (κ2) is 7.16. The van der Waals surface area contributed by atoms with Crippen molar-refractivity contribution in [1.29, 1.82) is 0 Å². The van der Waals surface area contributed by atoms with Crippen LogP contribution < -0.4 is 0 Å². The molecule has 116 valence electrons. The minimum absolute atomic E-state index is 0.0986. The van der Waals surface area contributed by atoms with Crippen molar-refractivity contribution in [2.45, 2.75) is 32.6 Å². The van der Waals surface area contributed by atoms with E-state index in [1.54, 1.807) is 24.0 Å². The Kier molecular flexibility index (Phi) is 5.26. The van der Waals surface area contributed by atoms with Gasteiger partial charge in [-0.3, -0.25) is 9.59 Å². The van der Waals surface area contributed by atoms with E-state index in [4.69, 9.17) is 0 Å². The molecule has 0 saturated carbocycles. The van der Waals surface area contributed by atoms with Crippen molar-refractivity contribution in [3.05, 3.63) is 54.1 Å². The molecular formula is C18H22N2O2. The second-order valence-electron chi connectivity index (χ2n) is 6.02. The second-order valence-corrected chi connectivity index (χ2v) is 6.02. The predicted molar refractivity (Wildman–Crippen MR) is 85.8 cm³/mol. The molecule has 0 saturated heterocycles. The smallest absolute Gasteiger partial charge is 0.199 e. The molecule has 0 aliphatic rings. The zero-order valence-corrected chi connectivity index (χ0v) is 13.3. The molecule has 0 amide bonds. The summed E-state index contributed by atoms with van der Waals surface area (Å²) in [5.41, 5.74) is 0.899. The lowest BCUT2D eigenvalue weighted by molar-refractivity contribution is -0.121. The molecule has 0 fully saturated rings. The number of aromatic nitrogens is 2. The molecule has 0 aliphatic heterocycles. The molecule has 0 N–H and O–H groups in total. The lowest BCUT2D eigenvalue weighted by atomic mass is 9.86. The molecular weight excluding hydrogens is 276 g/mol. The molecule has 1 atom stereocenters. The zero-order valence-electron chi connectivity index (χ0n) is 13.3. The molecule has 0 bridgehead atoms. The van der Waals surface area contributed by atoms with E-state index >= 15 is 0 Å². The fourth-order valence-electron chi connectivity index (χ4n) is 2.56. The van der Waals surface area contributed by atoms with Crippen molar-refractivity contribution in [2.24, 2.45) is 13.0 Å². The van der Waals surface area contributed by atoms with Crippen molar-refractivity contribution < 1.29 is 9.59 Å². The van der Waals surface area contributed by atoms with Gasteiger partial charge in [-0.25, -0.2) is 4.98 Å². The van der Waals surface area contributed by atoms with Gasteiger partial charge in [0.05, 0.1) is 5.92 Å². The maximum absolute atomic E-state index is 12.6. The summed E-state index contributed by atoms with van der Waals surface area (Å²) >= 11 is 0. The van der Waals surface area contributed by atoms with E-state index in [1.165, 1.54) is 0 Å². The van der Waals surface area contributed by atoms with E-state index in [-0.39, 0.29) is 23.9 Å². The fraction of sp³-hybridized carbons (Fsp3) is 0.389. The molecule has 0 radical (unpaired) electrons. The van der Waals surface area contributed by atoms with E-state index in [0.29, 0.717) is 12.2 Å². The number of aryl methyl sites for hydroxylation is 1. The van der Waals surface area contributed by atoms with Gasteiger partial charge >= 0.3 is 0 Å². The number of nitrogens with zero attached hydrogens (tertiary/aromatic N) is 2. The van der Waals surface area contributed by atoms with Crippen LogP contribution in [0.15, 0.2) is 42.7 Å². The number of imidazole rings is 1. The number of ketones is 2. The molecule has 0 spiro atoms. The van der Waals surface area contributed by atoms with Gasteiger partial charge in [0.15, 0.2) is 11.6 Å². The van der Waals surface area contributed by atoms with Crippen LogP contribution in [0.4, 0.5) is 0 Å². The highest BCUT2D eigenvalue weighted by Gasteiger charge is 2.26. The van der Waals surface area contributed by atoms with E-state index in [0.717, 1.165) is 5.56 Å². The lowest BCUT2D eigenvalue weighted by Crippen LogP contribution is -2.20. The van der Waals surface area contributed by atoms with Gasteiger partial charge in [0.25, 0.3) is 0 Å². The topological polar surface area (TPSA) is 52.0 Å². The van der Waals surface area contributed by atoms with Crippen LogP contribution in [-0.2, 0) is 11.8 Å². The molecule has 1 aromatic carbocycles. The largest absolute Gasteiger partial charge is 0.332 e. The van der Waals surface area contributed by atoms with Crippen LogP contribution >= 0.6 is 0 Å². The average molecular weight is 298 g/mol. The van der Waals surface area contributed by atoms with Gasteiger partial charge in [-0.1, -0.05) is 44.2 Å². The fourth-order valence-corrected chi connectivity index (χ4v) is 2.56. The van der Waals surface area contributed by atoms with Crippen LogP contribution in [0.1, 0.15) is 48.8 Å². The van der Waals surface area contributed by atoms with Crippen molar-refractivity contribution in [3.8, 4) is 0 Å². The normalized spacial score (nSPS) is 12.4. The average Bonchev–Trinajstić information content (AvgIpc) is 2.91. The minimum atomic E-state index is -0.396. The summed E-state index contributed by atoms with van der Waals surface area (Å²) in [4.78, 5) is 29.1. The van der Waals surface area contributed by atoms with Gasteiger partial charge in [-0.15, -0.1) is 0 Å². The highest BCUT2D eigenvalue weighted by molar-refractivity contribution is 5.98. The number of rotatable bonds is 7. The van der Waals surface area contributed by atoms with Crippen LogP contribution in [0.25, 0.3) is 0 Å². The summed E-state index contributed by atoms with van der Waals surface area (Å²) in [6, 6.07) is 9.53. The first kappa shape index (κ1) is 16.1. The molecule has 1 unspecified atom stereocenters. The molecule has 4 nitrogen and oxygen atoms in total. The summed E-state index contributed by atoms with van der Waals surface area (Å²) in [6.45, 7) is 4.03. The number of hydrogen-bond acceptors (Lipinski definition) is 3. The Balaban J connectivity index is 2.23. The first-order valence-corrected chi connectivity index (χ1v) is 7.57. The van der Waals surface area contributed by atoms with Crippen LogP contribution in [0.3, 0.4) is 0 Å². The zero-order chi connectivity index (χ0) is 16.1. The summed E-state index contributed by atoms with van der Waals surface area (Å²) in [5, 5.41) is 0. The Bertz CT molecular complexity index is 644. The monoisotopic (exact) mass is 298 g/mol. The highest BCUT2D eigenvalue weighted by Crippen LogP contribution is 2.25. The first-order valence-electron chi connectivity index (χ1n) is 7.57. The Morgan fingerprint density at radius 3 is 2.36 bits per heavy atom. The molecule has 0 aliphatic carbocycles. The molecule has 1 heterocycles. The van der Waals surface area contributed by atoms with Gasteiger partial charge in [0.2, 0.25) is 0 Å². The number of carbonyl (C=O) groups is 2. The Morgan fingerprint density at radius 2 is 1.82 bits per heavy atom. The van der Waals surface area contributed by atoms with Gasteiger partial charge in [-0.05, 0) is 11.5 Å². The van der Waals surface area contributed by atoms with Crippen molar-refractivity contribution in [3.63, 3.8) is 0 Å². The van der Waals surface area contributed by atoms with Gasteiger partial charge in [0, 0.05) is 32.3 Å². The molecule has 2 rings (SSSR count). The third kappa shape index (κ3) is 3.91. The first-order chi connectivity index (χ1) is 10.5. The number of benzene rings is 1.